The first kappa shape index (κ1) is 28.3. The molecule has 0 aliphatic carbocycles. The van der Waals surface area contributed by atoms with Gasteiger partial charge in [-0.15, -0.1) is 0 Å². The molecule has 2 heterocycles. The molecule has 232 valence electrons. The van der Waals surface area contributed by atoms with Crippen molar-refractivity contribution >= 4 is 54.0 Å². The molecule has 10 aromatic rings. The van der Waals surface area contributed by atoms with Crippen molar-refractivity contribution in [3.05, 3.63) is 170 Å². The van der Waals surface area contributed by atoms with E-state index in [1.54, 1.807) is 0 Å². The van der Waals surface area contributed by atoms with E-state index in [0.717, 1.165) is 43.9 Å². The van der Waals surface area contributed by atoms with Gasteiger partial charge < -0.3 is 0 Å². The van der Waals surface area contributed by atoms with Gasteiger partial charge in [0.05, 0.1) is 5.52 Å². The van der Waals surface area contributed by atoms with Crippen LogP contribution in [0.15, 0.2) is 170 Å². The second-order valence-corrected chi connectivity index (χ2v) is 12.6. The van der Waals surface area contributed by atoms with Gasteiger partial charge in [-0.3, -0.25) is 4.98 Å². The van der Waals surface area contributed by atoms with Gasteiger partial charge in [0, 0.05) is 33.7 Å². The maximum atomic E-state index is 5.15. The highest BCUT2D eigenvalue weighted by molar-refractivity contribution is 6.20. The van der Waals surface area contributed by atoms with E-state index in [-0.39, 0.29) is 0 Å². The Morgan fingerprint density at radius 3 is 1.78 bits per heavy atom. The third-order valence-electron chi connectivity index (χ3n) is 9.75. The molecule has 0 atom stereocenters. The fourth-order valence-electron chi connectivity index (χ4n) is 7.37. The van der Waals surface area contributed by atoms with Crippen LogP contribution in [0.4, 0.5) is 0 Å². The minimum Gasteiger partial charge on any atom is -0.256 e. The zero-order chi connectivity index (χ0) is 33.0. The molecule has 0 saturated carbocycles. The quantitative estimate of drug-likeness (QED) is 0.180. The van der Waals surface area contributed by atoms with Gasteiger partial charge in [0.1, 0.15) is 0 Å². The number of fused-ring (bicyclic) bond motifs is 8. The van der Waals surface area contributed by atoms with Gasteiger partial charge >= 0.3 is 0 Å². The zero-order valence-electron chi connectivity index (χ0n) is 27.0. The Morgan fingerprint density at radius 1 is 0.320 bits per heavy atom. The fourth-order valence-corrected chi connectivity index (χ4v) is 7.37. The Kier molecular flexibility index (Phi) is 6.46. The summed E-state index contributed by atoms with van der Waals surface area (Å²) in [6.45, 7) is 0. The molecule has 10 rings (SSSR count). The summed E-state index contributed by atoms with van der Waals surface area (Å²) in [4.78, 5) is 19.9. The monoisotopic (exact) mass is 636 g/mol. The van der Waals surface area contributed by atoms with Crippen LogP contribution in [0, 0.1) is 0 Å². The number of pyridine rings is 1. The van der Waals surface area contributed by atoms with Crippen LogP contribution in [0.3, 0.4) is 0 Å². The summed E-state index contributed by atoms with van der Waals surface area (Å²) in [5, 5.41) is 10.7. The van der Waals surface area contributed by atoms with Crippen LogP contribution in [0.25, 0.3) is 99.3 Å². The molecule has 0 amide bonds. The van der Waals surface area contributed by atoms with Crippen LogP contribution >= 0.6 is 0 Å². The van der Waals surface area contributed by atoms with Crippen LogP contribution in [-0.4, -0.2) is 19.9 Å². The van der Waals surface area contributed by atoms with Crippen molar-refractivity contribution in [2.45, 2.75) is 0 Å². The molecule has 0 saturated heterocycles. The lowest BCUT2D eigenvalue weighted by molar-refractivity contribution is 1.08. The Hall–Kier alpha value is -6.78. The van der Waals surface area contributed by atoms with Crippen LogP contribution in [0.1, 0.15) is 0 Å². The molecule has 50 heavy (non-hydrogen) atoms. The van der Waals surface area contributed by atoms with E-state index in [0.29, 0.717) is 17.5 Å². The fraction of sp³-hybridized carbons (Fsp3) is 0. The first-order valence-electron chi connectivity index (χ1n) is 16.8. The van der Waals surface area contributed by atoms with Gasteiger partial charge in [0.25, 0.3) is 0 Å². The average Bonchev–Trinajstić information content (AvgIpc) is 3.20. The van der Waals surface area contributed by atoms with Crippen molar-refractivity contribution in [1.29, 1.82) is 0 Å². The smallest absolute Gasteiger partial charge is 0.164 e. The molecule has 4 nitrogen and oxygen atoms in total. The summed E-state index contributed by atoms with van der Waals surface area (Å²) in [6, 6.07) is 57.4. The van der Waals surface area contributed by atoms with Gasteiger partial charge in [-0.25, -0.2) is 15.0 Å². The SMILES string of the molecule is c1ccc(-c2nc(-c3ccc(-c4cc5c6cccnc6ccc5c5ccccc45)cc3)nc(-c3cccc4ccc5ccccc5c34)n2)cc1. The molecule has 0 radical (unpaired) electrons. The number of hydrogen-bond acceptors (Lipinski definition) is 4. The third kappa shape index (κ3) is 4.61. The van der Waals surface area contributed by atoms with Crippen molar-refractivity contribution < 1.29 is 0 Å². The Labute approximate surface area is 288 Å². The summed E-state index contributed by atoms with van der Waals surface area (Å²) in [5.74, 6) is 1.94. The van der Waals surface area contributed by atoms with Gasteiger partial charge in [-0.05, 0) is 67.0 Å². The number of nitrogens with zero attached hydrogens (tertiary/aromatic N) is 4. The van der Waals surface area contributed by atoms with Crippen LogP contribution < -0.4 is 0 Å². The molecule has 0 aliphatic heterocycles. The zero-order valence-corrected chi connectivity index (χ0v) is 27.0. The second kappa shape index (κ2) is 11.4. The highest BCUT2D eigenvalue weighted by Gasteiger charge is 2.17. The molecule has 0 N–H and O–H groups in total. The van der Waals surface area contributed by atoms with Crippen molar-refractivity contribution in [1.82, 2.24) is 19.9 Å². The summed E-state index contributed by atoms with van der Waals surface area (Å²) in [6.07, 6.45) is 1.85. The van der Waals surface area contributed by atoms with E-state index in [1.165, 1.54) is 37.9 Å². The number of benzene rings is 8. The predicted molar refractivity (Wildman–Crippen MR) is 207 cm³/mol. The van der Waals surface area contributed by atoms with Crippen LogP contribution in [-0.2, 0) is 0 Å². The van der Waals surface area contributed by atoms with E-state index < -0.39 is 0 Å². The van der Waals surface area contributed by atoms with Gasteiger partial charge in [0.2, 0.25) is 0 Å². The van der Waals surface area contributed by atoms with Crippen LogP contribution in [0.2, 0.25) is 0 Å². The summed E-state index contributed by atoms with van der Waals surface area (Å²) in [7, 11) is 0. The molecule has 4 heteroatoms. The largest absolute Gasteiger partial charge is 0.256 e. The van der Waals surface area contributed by atoms with E-state index >= 15 is 0 Å². The number of aromatic nitrogens is 4. The maximum absolute atomic E-state index is 5.15. The van der Waals surface area contributed by atoms with Crippen molar-refractivity contribution in [3.63, 3.8) is 0 Å². The van der Waals surface area contributed by atoms with Gasteiger partial charge in [-0.1, -0.05) is 146 Å². The summed E-state index contributed by atoms with van der Waals surface area (Å²) < 4.78 is 0. The number of rotatable bonds is 4. The standard InChI is InChI=1S/C46H28N4/c1-2-11-32(12-3-1)44-48-45(50-46(49-44)39-17-8-13-31-22-19-29-10-4-5-14-34(29)43(31)39)33-23-20-30(21-24-33)40-28-41-37(35-15-6-7-16-36(35)40)25-26-42-38(41)18-9-27-47-42/h1-28H. The third-order valence-corrected chi connectivity index (χ3v) is 9.75. The molecule has 8 aromatic carbocycles. The maximum Gasteiger partial charge on any atom is 0.164 e. The van der Waals surface area contributed by atoms with Crippen molar-refractivity contribution in [2.75, 3.05) is 0 Å². The molecule has 0 unspecified atom stereocenters. The van der Waals surface area contributed by atoms with Crippen molar-refractivity contribution in [2.24, 2.45) is 0 Å². The summed E-state index contributed by atoms with van der Waals surface area (Å²) >= 11 is 0. The lowest BCUT2D eigenvalue weighted by atomic mass is 9.91. The first-order chi connectivity index (χ1) is 24.8. The first-order valence-corrected chi connectivity index (χ1v) is 16.8. The highest BCUT2D eigenvalue weighted by atomic mass is 15.0. The molecular weight excluding hydrogens is 609 g/mol. The normalized spacial score (nSPS) is 11.6. The molecule has 2 aromatic heterocycles. The number of hydrogen-bond donors (Lipinski definition) is 0. The minimum atomic E-state index is 0.637. The Bertz CT molecular complexity index is 2920. The predicted octanol–water partition coefficient (Wildman–Crippen LogP) is 11.7. The van der Waals surface area contributed by atoms with Gasteiger partial charge in [-0.2, -0.15) is 0 Å². The second-order valence-electron chi connectivity index (χ2n) is 12.6. The molecule has 0 bridgehead atoms. The Balaban J connectivity index is 1.15. The van der Waals surface area contributed by atoms with Crippen molar-refractivity contribution in [3.8, 4) is 45.3 Å². The van der Waals surface area contributed by atoms with E-state index in [2.05, 4.69) is 145 Å². The average molecular weight is 637 g/mol. The van der Waals surface area contributed by atoms with E-state index in [4.69, 9.17) is 15.0 Å². The van der Waals surface area contributed by atoms with Crippen LogP contribution in [0.5, 0.6) is 0 Å². The Morgan fingerprint density at radius 2 is 0.940 bits per heavy atom. The van der Waals surface area contributed by atoms with Gasteiger partial charge in [0.15, 0.2) is 17.5 Å². The van der Waals surface area contributed by atoms with E-state index in [1.807, 2.05) is 30.5 Å². The topological polar surface area (TPSA) is 51.6 Å². The molecular formula is C46H28N4. The minimum absolute atomic E-state index is 0.637. The molecule has 0 fully saturated rings. The highest BCUT2D eigenvalue weighted by Crippen LogP contribution is 2.39. The molecule has 0 spiro atoms. The lowest BCUT2D eigenvalue weighted by Gasteiger charge is -2.14. The lowest BCUT2D eigenvalue weighted by Crippen LogP contribution is -2.00. The molecule has 0 aliphatic rings. The summed E-state index contributed by atoms with van der Waals surface area (Å²) in [5.41, 5.74) is 6.17. The van der Waals surface area contributed by atoms with E-state index in [9.17, 15) is 0 Å².